The van der Waals surface area contributed by atoms with Gasteiger partial charge in [0.05, 0.1) is 0 Å². The molecule has 0 saturated carbocycles. The molecule has 0 aliphatic rings. The predicted molar refractivity (Wildman–Crippen MR) is 16.8 cm³/mol. The zero-order valence-corrected chi connectivity index (χ0v) is 11.0. The van der Waals surface area contributed by atoms with Crippen molar-refractivity contribution >= 4 is 54.6 Å². The third kappa shape index (κ3) is 9.24. The van der Waals surface area contributed by atoms with Crippen molar-refractivity contribution in [3.8, 4) is 0 Å². The van der Waals surface area contributed by atoms with Crippen LogP contribution >= 0.6 is 0 Å². The molecule has 4 heteroatoms. The largest absolute Gasteiger partial charge is 0.255 e. The topological polar surface area (TPSA) is 40.5 Å². The van der Waals surface area contributed by atoms with Crippen molar-refractivity contribution in [2.24, 2.45) is 0 Å². The summed E-state index contributed by atoms with van der Waals surface area (Å²) >= 11 is 0. The van der Waals surface area contributed by atoms with Crippen molar-refractivity contribution in [2.45, 2.75) is 0 Å². The Kier molecular flexibility index (Phi) is 92.8. The first-order valence-electron chi connectivity index (χ1n) is 0.200. The van der Waals surface area contributed by atoms with Crippen LogP contribution in [-0.2, 0) is 0 Å². The zero-order chi connectivity index (χ0) is 2.00. The molecule has 0 atom stereocenters. The van der Waals surface area contributed by atoms with Crippen LogP contribution in [0.15, 0.2) is 0 Å². The van der Waals surface area contributed by atoms with Crippen LogP contribution in [0.5, 0.6) is 0 Å². The Morgan fingerprint density at radius 3 is 0.750 bits per heavy atom. The molecule has 0 heterocycles. The quantitative estimate of drug-likeness (QED) is 0.295. The molecule has 0 saturated heterocycles. The second-order valence-corrected chi connectivity index (χ2v) is 0. The van der Waals surface area contributed by atoms with Crippen molar-refractivity contribution in [3.63, 3.8) is 0 Å². The van der Waals surface area contributed by atoms with E-state index in [9.17, 15) is 0 Å². The summed E-state index contributed by atoms with van der Waals surface area (Å²) < 4.78 is 0. The maximum absolute atomic E-state index is 6.00. The van der Waals surface area contributed by atoms with Gasteiger partial charge in [0.1, 0.15) is 0 Å². The van der Waals surface area contributed by atoms with E-state index in [-0.39, 0.29) is 54.6 Å². The molecule has 20 valence electrons. The van der Waals surface area contributed by atoms with Crippen LogP contribution in [0, 0.1) is 0 Å². The van der Waals surface area contributed by atoms with Gasteiger partial charge in [-0.25, -0.2) is 0 Å². The minimum absolute atomic E-state index is 0. The van der Waals surface area contributed by atoms with Crippen molar-refractivity contribution in [1.29, 1.82) is 0 Å². The third-order valence-corrected chi connectivity index (χ3v) is 0. The SMILES string of the molecule is OO.[Tl].[Tl]. The average molecular weight is 443 g/mol. The van der Waals surface area contributed by atoms with E-state index >= 15 is 0 Å². The van der Waals surface area contributed by atoms with E-state index in [1.807, 2.05) is 0 Å². The van der Waals surface area contributed by atoms with Crippen LogP contribution in [0.2, 0.25) is 0 Å². The molecule has 0 rings (SSSR count). The van der Waals surface area contributed by atoms with Crippen LogP contribution in [0.1, 0.15) is 0 Å². The van der Waals surface area contributed by atoms with Crippen molar-refractivity contribution in [2.75, 3.05) is 0 Å². The molecule has 0 aromatic rings. The number of hydrogen-bond acceptors (Lipinski definition) is 2. The minimum Gasteiger partial charge on any atom is -0.255 e. The second kappa shape index (κ2) is 21.7. The molecular formula is H2O2Tl2. The summed E-state index contributed by atoms with van der Waals surface area (Å²) in [7, 11) is 0. The van der Waals surface area contributed by atoms with Gasteiger partial charge in [0.15, 0.2) is 0 Å². The fraction of sp³-hybridized carbons (Fsp3) is 0. The molecular weight excluding hydrogens is 441 g/mol. The maximum atomic E-state index is 6.00. The summed E-state index contributed by atoms with van der Waals surface area (Å²) in [6, 6.07) is 0. The van der Waals surface area contributed by atoms with E-state index in [4.69, 9.17) is 10.5 Å². The summed E-state index contributed by atoms with van der Waals surface area (Å²) in [4.78, 5) is 0. The molecule has 2 nitrogen and oxygen atoms in total. The van der Waals surface area contributed by atoms with Crippen LogP contribution in [0.3, 0.4) is 0 Å². The molecule has 0 spiro atoms. The van der Waals surface area contributed by atoms with Crippen LogP contribution in [0.25, 0.3) is 0 Å². The summed E-state index contributed by atoms with van der Waals surface area (Å²) in [5.41, 5.74) is 0. The van der Waals surface area contributed by atoms with Gasteiger partial charge in [0.2, 0.25) is 0 Å². The fourth-order valence-electron chi connectivity index (χ4n) is 0. The summed E-state index contributed by atoms with van der Waals surface area (Å²) in [6.45, 7) is 0. The summed E-state index contributed by atoms with van der Waals surface area (Å²) in [5.74, 6) is 0. The standard InChI is InChI=1S/H2O2.2Tl/c1-2;;/h1-2H;;. The Morgan fingerprint density at radius 1 is 0.750 bits per heavy atom. The van der Waals surface area contributed by atoms with Crippen molar-refractivity contribution in [1.82, 2.24) is 0 Å². The van der Waals surface area contributed by atoms with Gasteiger partial charge < -0.3 is 0 Å². The van der Waals surface area contributed by atoms with E-state index in [0.717, 1.165) is 0 Å². The predicted octanol–water partition coefficient (Wildman–Crippen LogP) is -0.744. The van der Waals surface area contributed by atoms with E-state index in [2.05, 4.69) is 0 Å². The van der Waals surface area contributed by atoms with Crippen molar-refractivity contribution < 1.29 is 10.5 Å². The van der Waals surface area contributed by atoms with Gasteiger partial charge in [-0.15, -0.1) is 0 Å². The number of hydrogen-bond donors (Lipinski definition) is 2. The Hall–Kier alpha value is 1.76. The second-order valence-electron chi connectivity index (χ2n) is 0. The molecule has 0 amide bonds. The van der Waals surface area contributed by atoms with Gasteiger partial charge in [-0.1, -0.05) is 0 Å². The Labute approximate surface area is 64.5 Å². The molecule has 4 heavy (non-hydrogen) atoms. The monoisotopic (exact) mass is 444 g/mol. The molecule has 0 unspecified atom stereocenters. The Morgan fingerprint density at radius 2 is 0.750 bits per heavy atom. The van der Waals surface area contributed by atoms with Gasteiger partial charge in [-0.2, -0.15) is 0 Å². The van der Waals surface area contributed by atoms with Crippen molar-refractivity contribution in [3.05, 3.63) is 0 Å². The van der Waals surface area contributed by atoms with Gasteiger partial charge in [0, 0.05) is 54.6 Å². The first kappa shape index (κ1) is 17.1. The average Bonchev–Trinajstić information content (AvgIpc) is 1.00. The molecule has 0 aromatic heterocycles. The number of rotatable bonds is 0. The van der Waals surface area contributed by atoms with E-state index in [0.29, 0.717) is 0 Å². The summed E-state index contributed by atoms with van der Waals surface area (Å²) in [5, 5.41) is 12.0. The molecule has 0 aliphatic carbocycles. The normalized spacial score (nSPS) is 1.50. The smallest absolute Gasteiger partial charge is 0 e. The first-order chi connectivity index (χ1) is 1.00. The van der Waals surface area contributed by atoms with Gasteiger partial charge in [0.25, 0.3) is 0 Å². The molecule has 2 radical (unpaired) electrons. The fourth-order valence-corrected chi connectivity index (χ4v) is 0. The van der Waals surface area contributed by atoms with Crippen LogP contribution in [0.4, 0.5) is 0 Å². The van der Waals surface area contributed by atoms with Gasteiger partial charge >= 0.3 is 0 Å². The van der Waals surface area contributed by atoms with Gasteiger partial charge in [-0.3, -0.25) is 10.5 Å². The van der Waals surface area contributed by atoms with Crippen LogP contribution < -0.4 is 0 Å². The molecule has 0 aliphatic heterocycles. The molecule has 0 aromatic carbocycles. The molecule has 0 bridgehead atoms. The minimum atomic E-state index is 0. The van der Waals surface area contributed by atoms with Gasteiger partial charge in [-0.05, 0) is 0 Å². The molecule has 2 N–H and O–H groups in total. The van der Waals surface area contributed by atoms with E-state index in [1.54, 1.807) is 0 Å². The van der Waals surface area contributed by atoms with E-state index in [1.165, 1.54) is 0 Å². The maximum Gasteiger partial charge on any atom is 0 e. The Bertz CT molecular complexity index is 4.00. The summed E-state index contributed by atoms with van der Waals surface area (Å²) in [6.07, 6.45) is 0. The first-order valence-corrected chi connectivity index (χ1v) is 0.200. The zero-order valence-electron chi connectivity index (χ0n) is 2.05. The van der Waals surface area contributed by atoms with E-state index < -0.39 is 0 Å². The third-order valence-electron chi connectivity index (χ3n) is 0. The van der Waals surface area contributed by atoms with Crippen LogP contribution in [-0.4, -0.2) is 65.1 Å². The molecule has 0 fully saturated rings. The Balaban J connectivity index is -0.00000000500.